The number of ether oxygens (including phenoxy) is 1. The van der Waals surface area contributed by atoms with Gasteiger partial charge in [0.05, 0.1) is 11.4 Å². The van der Waals surface area contributed by atoms with Gasteiger partial charge in [0, 0.05) is 25.0 Å². The van der Waals surface area contributed by atoms with Crippen LogP contribution in [0.4, 0.5) is 5.69 Å². The zero-order chi connectivity index (χ0) is 25.9. The number of aryl methyl sites for hydroxylation is 1. The molecule has 1 aromatic heterocycles. The highest BCUT2D eigenvalue weighted by Crippen LogP contribution is 2.37. The van der Waals surface area contributed by atoms with Crippen molar-refractivity contribution in [3.8, 4) is 5.88 Å². The summed E-state index contributed by atoms with van der Waals surface area (Å²) in [7, 11) is -3.93. The van der Waals surface area contributed by atoms with Crippen molar-refractivity contribution in [3.05, 3.63) is 83.6 Å². The Labute approximate surface area is 212 Å². The highest BCUT2D eigenvalue weighted by molar-refractivity contribution is 7.92. The second-order valence-electron chi connectivity index (χ2n) is 9.28. The van der Waals surface area contributed by atoms with Crippen molar-refractivity contribution in [1.29, 1.82) is 0 Å². The summed E-state index contributed by atoms with van der Waals surface area (Å²) in [4.78, 5) is 29.1. The molecule has 36 heavy (non-hydrogen) atoms. The van der Waals surface area contributed by atoms with Crippen molar-refractivity contribution < 1.29 is 22.7 Å². The van der Waals surface area contributed by atoms with Gasteiger partial charge >= 0.3 is 0 Å². The first-order valence-electron chi connectivity index (χ1n) is 12.0. The van der Waals surface area contributed by atoms with E-state index in [2.05, 4.69) is 4.98 Å². The molecule has 0 unspecified atom stereocenters. The van der Waals surface area contributed by atoms with Crippen LogP contribution in [0.15, 0.2) is 71.8 Å². The topological polar surface area (TPSA) is 93.6 Å². The minimum Gasteiger partial charge on any atom is -0.471 e. The minimum atomic E-state index is -3.93. The van der Waals surface area contributed by atoms with E-state index in [1.165, 1.54) is 11.2 Å². The average molecular weight is 507 g/mol. The second-order valence-corrected chi connectivity index (χ2v) is 11.1. The number of sulfonamides is 1. The van der Waals surface area contributed by atoms with Gasteiger partial charge in [-0.05, 0) is 55.2 Å². The van der Waals surface area contributed by atoms with Gasteiger partial charge in [-0.3, -0.25) is 9.10 Å². The van der Waals surface area contributed by atoms with Gasteiger partial charge in [0.1, 0.15) is 23.4 Å². The number of ketones is 2. The predicted molar refractivity (Wildman–Crippen MR) is 138 cm³/mol. The molecule has 3 aromatic rings. The lowest BCUT2D eigenvalue weighted by molar-refractivity contribution is -0.119. The summed E-state index contributed by atoms with van der Waals surface area (Å²) in [5, 5.41) is 0. The molecule has 7 nitrogen and oxygen atoms in total. The van der Waals surface area contributed by atoms with Crippen molar-refractivity contribution in [2.45, 2.75) is 57.0 Å². The molecule has 0 amide bonds. The lowest BCUT2D eigenvalue weighted by Gasteiger charge is -2.35. The first-order chi connectivity index (χ1) is 17.1. The van der Waals surface area contributed by atoms with Gasteiger partial charge in [0.15, 0.2) is 0 Å². The van der Waals surface area contributed by atoms with Crippen LogP contribution in [0.1, 0.15) is 49.3 Å². The molecule has 0 spiro atoms. The fourth-order valence-electron chi connectivity index (χ4n) is 4.25. The van der Waals surface area contributed by atoms with E-state index < -0.39 is 16.1 Å². The van der Waals surface area contributed by atoms with Crippen molar-refractivity contribution in [2.24, 2.45) is 0 Å². The highest BCUT2D eigenvalue weighted by Gasteiger charge is 2.36. The minimum absolute atomic E-state index is 0.00634. The lowest BCUT2D eigenvalue weighted by atomic mass is 9.93. The zero-order valence-electron chi connectivity index (χ0n) is 20.7. The molecular weight excluding hydrogens is 476 g/mol. The Morgan fingerprint density at radius 1 is 1.11 bits per heavy atom. The lowest BCUT2D eigenvalue weighted by Crippen LogP contribution is -2.44. The molecular formula is C28H30N2O5S. The van der Waals surface area contributed by atoms with Gasteiger partial charge in [-0.25, -0.2) is 13.4 Å². The molecule has 1 aliphatic rings. The van der Waals surface area contributed by atoms with Crippen LogP contribution in [-0.4, -0.2) is 37.6 Å². The van der Waals surface area contributed by atoms with Crippen LogP contribution in [-0.2, 0) is 26.0 Å². The van der Waals surface area contributed by atoms with Gasteiger partial charge in [0.2, 0.25) is 5.88 Å². The molecule has 2 atom stereocenters. The summed E-state index contributed by atoms with van der Waals surface area (Å²) in [5.74, 6) is -0.112. The van der Waals surface area contributed by atoms with Crippen LogP contribution in [0.2, 0.25) is 0 Å². The van der Waals surface area contributed by atoms with Crippen LogP contribution in [0, 0.1) is 6.92 Å². The molecule has 4 rings (SSSR count). The van der Waals surface area contributed by atoms with Gasteiger partial charge in [-0.1, -0.05) is 49.4 Å². The molecule has 0 radical (unpaired) electrons. The highest BCUT2D eigenvalue weighted by atomic mass is 32.2. The Balaban J connectivity index is 1.67. The van der Waals surface area contributed by atoms with E-state index in [1.807, 2.05) is 50.2 Å². The summed E-state index contributed by atoms with van der Waals surface area (Å²) in [6, 6.07) is 17.9. The van der Waals surface area contributed by atoms with E-state index >= 15 is 0 Å². The van der Waals surface area contributed by atoms with Crippen molar-refractivity contribution in [1.82, 2.24) is 4.98 Å². The van der Waals surface area contributed by atoms with E-state index in [-0.39, 0.29) is 47.6 Å². The third-order valence-corrected chi connectivity index (χ3v) is 8.14. The number of benzene rings is 2. The Hall–Kier alpha value is -3.52. The molecule has 0 fully saturated rings. The van der Waals surface area contributed by atoms with Gasteiger partial charge in [-0.2, -0.15) is 0 Å². The molecule has 8 heteroatoms. The average Bonchev–Trinajstić information content (AvgIpc) is 2.87. The molecule has 0 aliphatic carbocycles. The Morgan fingerprint density at radius 2 is 1.86 bits per heavy atom. The monoisotopic (exact) mass is 506 g/mol. The Bertz CT molecular complexity index is 1370. The smallest absolute Gasteiger partial charge is 0.264 e. The van der Waals surface area contributed by atoms with Gasteiger partial charge in [-0.15, -0.1) is 0 Å². The SMILES string of the molecule is CC(=O)CC[C@H]1CN(S(=O)(=O)c2cccc(C)c2)c2cc(CC(=O)[C@@H](C)c3ccccc3)cnc2O1. The normalized spacial score (nSPS) is 16.1. The molecule has 0 saturated heterocycles. The second kappa shape index (κ2) is 10.6. The fraction of sp³-hybridized carbons (Fsp3) is 0.321. The molecule has 0 saturated carbocycles. The van der Waals surface area contributed by atoms with E-state index in [0.29, 0.717) is 17.7 Å². The molecule has 2 heterocycles. The van der Waals surface area contributed by atoms with Gasteiger partial charge < -0.3 is 9.53 Å². The maximum Gasteiger partial charge on any atom is 0.264 e. The number of carbonyl (C=O) groups excluding carboxylic acids is 2. The number of carbonyl (C=O) groups is 2. The van der Waals surface area contributed by atoms with Crippen molar-refractivity contribution >= 4 is 27.3 Å². The first kappa shape index (κ1) is 25.6. The van der Waals surface area contributed by atoms with E-state index in [0.717, 1.165) is 11.1 Å². The van der Waals surface area contributed by atoms with Crippen molar-refractivity contribution in [3.63, 3.8) is 0 Å². The largest absolute Gasteiger partial charge is 0.471 e. The number of fused-ring (bicyclic) bond motifs is 1. The number of hydrogen-bond acceptors (Lipinski definition) is 6. The van der Waals surface area contributed by atoms with Gasteiger partial charge in [0.25, 0.3) is 10.0 Å². The fourth-order valence-corrected chi connectivity index (χ4v) is 5.85. The molecule has 1 aliphatic heterocycles. The summed E-state index contributed by atoms with van der Waals surface area (Å²) in [6.07, 6.45) is 1.81. The number of anilines is 1. The maximum atomic E-state index is 13.7. The predicted octanol–water partition coefficient (Wildman–Crippen LogP) is 4.63. The quantitative estimate of drug-likeness (QED) is 0.420. The Kier molecular flexibility index (Phi) is 7.54. The number of aromatic nitrogens is 1. The third kappa shape index (κ3) is 5.65. The van der Waals surface area contributed by atoms with Crippen LogP contribution in [0.3, 0.4) is 0 Å². The van der Waals surface area contributed by atoms with E-state index in [4.69, 9.17) is 4.74 Å². The molecule has 2 aromatic carbocycles. The number of hydrogen-bond donors (Lipinski definition) is 0. The van der Waals surface area contributed by atoms with Crippen LogP contribution < -0.4 is 9.04 Å². The van der Waals surface area contributed by atoms with Crippen LogP contribution in [0.5, 0.6) is 5.88 Å². The Morgan fingerprint density at radius 3 is 2.56 bits per heavy atom. The molecule has 0 N–H and O–H groups in total. The number of pyridine rings is 1. The molecule has 188 valence electrons. The standard InChI is InChI=1S/C28H30N2O5S/c1-19-8-7-11-25(14-19)36(33,34)30-18-24(13-12-20(2)31)35-28-26(30)15-22(17-29-28)16-27(32)21(3)23-9-5-4-6-10-23/h4-11,14-15,17,21,24H,12-13,16,18H2,1-3H3/t21-,24-/m0/s1. The number of rotatable bonds is 9. The molecule has 0 bridgehead atoms. The maximum absolute atomic E-state index is 13.7. The summed E-state index contributed by atoms with van der Waals surface area (Å²) in [6.45, 7) is 5.24. The number of Topliss-reactive ketones (excluding diaryl/α,β-unsaturated/α-hetero) is 2. The van der Waals surface area contributed by atoms with E-state index in [1.54, 1.807) is 30.5 Å². The summed E-state index contributed by atoms with van der Waals surface area (Å²) in [5.41, 5.74) is 2.66. The first-order valence-corrected chi connectivity index (χ1v) is 13.4. The van der Waals surface area contributed by atoms with Crippen molar-refractivity contribution in [2.75, 3.05) is 10.8 Å². The summed E-state index contributed by atoms with van der Waals surface area (Å²) < 4.78 is 34.7. The zero-order valence-corrected chi connectivity index (χ0v) is 21.5. The number of nitrogens with zero attached hydrogens (tertiary/aromatic N) is 2. The van der Waals surface area contributed by atoms with Crippen LogP contribution in [0.25, 0.3) is 0 Å². The van der Waals surface area contributed by atoms with Crippen LogP contribution >= 0.6 is 0 Å². The summed E-state index contributed by atoms with van der Waals surface area (Å²) >= 11 is 0. The third-order valence-electron chi connectivity index (χ3n) is 6.36. The van der Waals surface area contributed by atoms with E-state index in [9.17, 15) is 18.0 Å².